The van der Waals surface area contributed by atoms with Gasteiger partial charge < -0.3 is 18.9 Å². The number of rotatable bonds is 10. The Hall–Kier alpha value is -3.54. The highest BCUT2D eigenvalue weighted by Crippen LogP contribution is 2.19. The molecule has 0 amide bonds. The van der Waals surface area contributed by atoms with Crippen LogP contribution in [-0.2, 0) is 25.5 Å². The van der Waals surface area contributed by atoms with Gasteiger partial charge in [-0.25, -0.2) is 9.59 Å². The van der Waals surface area contributed by atoms with E-state index in [4.69, 9.17) is 18.9 Å². The summed E-state index contributed by atoms with van der Waals surface area (Å²) in [5, 5.41) is 0. The molecule has 0 aliphatic rings. The lowest BCUT2D eigenvalue weighted by Gasteiger charge is -2.15. The average Bonchev–Trinajstić information content (AvgIpc) is 2.70. The minimum atomic E-state index is -0.702. The first kappa shape index (κ1) is 21.8. The van der Waals surface area contributed by atoms with Gasteiger partial charge in [-0.1, -0.05) is 37.4 Å². The van der Waals surface area contributed by atoms with E-state index >= 15 is 0 Å². The molecule has 0 N–H and O–H groups in total. The number of carbonyl (C=O) groups excluding carboxylic acids is 2. The van der Waals surface area contributed by atoms with E-state index in [2.05, 4.69) is 13.2 Å². The van der Waals surface area contributed by atoms with Crippen molar-refractivity contribution >= 4 is 11.9 Å². The molecule has 0 aromatic heterocycles. The van der Waals surface area contributed by atoms with Crippen molar-refractivity contribution in [1.82, 2.24) is 0 Å². The highest BCUT2D eigenvalue weighted by Gasteiger charge is 2.09. The average molecular weight is 396 g/mol. The molecule has 0 aliphatic carbocycles. The Morgan fingerprint density at radius 1 is 0.759 bits per heavy atom. The number of esters is 2. The van der Waals surface area contributed by atoms with E-state index in [9.17, 15) is 9.59 Å². The van der Waals surface area contributed by atoms with E-state index in [1.807, 2.05) is 48.5 Å². The number of ether oxygens (including phenoxy) is 4. The molecule has 0 radical (unpaired) electrons. The van der Waals surface area contributed by atoms with Crippen LogP contribution in [0.4, 0.5) is 0 Å². The molecule has 2 unspecified atom stereocenters. The molecule has 0 bridgehead atoms. The predicted molar refractivity (Wildman–Crippen MR) is 108 cm³/mol. The molecule has 152 valence electrons. The van der Waals surface area contributed by atoms with Gasteiger partial charge in [0.15, 0.2) is 0 Å². The molecule has 0 saturated carbocycles. The molecule has 2 aromatic carbocycles. The fraction of sp³-hybridized carbons (Fsp3) is 0.217. The van der Waals surface area contributed by atoms with E-state index in [-0.39, 0.29) is 0 Å². The van der Waals surface area contributed by atoms with Crippen molar-refractivity contribution in [3.8, 4) is 11.5 Å². The Kier molecular flexibility index (Phi) is 8.03. The van der Waals surface area contributed by atoms with E-state index in [0.717, 1.165) is 29.7 Å². The topological polar surface area (TPSA) is 71.1 Å². The van der Waals surface area contributed by atoms with Gasteiger partial charge in [-0.3, -0.25) is 0 Å². The first-order chi connectivity index (χ1) is 13.9. The minimum absolute atomic E-state index is 0.533. The van der Waals surface area contributed by atoms with E-state index < -0.39 is 24.5 Å². The molecule has 0 spiro atoms. The third kappa shape index (κ3) is 7.54. The van der Waals surface area contributed by atoms with Gasteiger partial charge in [0.05, 0.1) is 0 Å². The van der Waals surface area contributed by atoms with Crippen LogP contribution in [0.1, 0.15) is 25.0 Å². The number of hydrogen-bond donors (Lipinski definition) is 0. The predicted octanol–water partition coefficient (Wildman–Crippen LogP) is 4.19. The van der Waals surface area contributed by atoms with Crippen molar-refractivity contribution in [3.63, 3.8) is 0 Å². The van der Waals surface area contributed by atoms with Crippen LogP contribution in [0.3, 0.4) is 0 Å². The summed E-state index contributed by atoms with van der Waals surface area (Å²) in [7, 11) is 0. The van der Waals surface area contributed by atoms with Crippen molar-refractivity contribution in [2.75, 3.05) is 0 Å². The van der Waals surface area contributed by atoms with Gasteiger partial charge in [0, 0.05) is 26.0 Å². The van der Waals surface area contributed by atoms with Crippen LogP contribution in [-0.4, -0.2) is 24.5 Å². The summed E-state index contributed by atoms with van der Waals surface area (Å²) in [6, 6.07) is 15.1. The van der Waals surface area contributed by atoms with Crippen molar-refractivity contribution in [3.05, 3.63) is 85.0 Å². The van der Waals surface area contributed by atoms with Gasteiger partial charge in [0.2, 0.25) is 12.6 Å². The molecule has 2 rings (SSSR count). The Bertz CT molecular complexity index is 767. The zero-order chi connectivity index (χ0) is 21.2. The van der Waals surface area contributed by atoms with Crippen molar-refractivity contribution in [1.29, 1.82) is 0 Å². The summed E-state index contributed by atoms with van der Waals surface area (Å²) in [5.74, 6) is 0.138. The summed E-state index contributed by atoms with van der Waals surface area (Å²) in [4.78, 5) is 22.3. The Labute approximate surface area is 170 Å². The number of carbonyl (C=O) groups is 2. The molecule has 2 atom stereocenters. The van der Waals surface area contributed by atoms with Crippen molar-refractivity contribution in [2.45, 2.75) is 32.8 Å². The van der Waals surface area contributed by atoms with Gasteiger partial charge in [0.1, 0.15) is 11.5 Å². The molecule has 0 heterocycles. The lowest BCUT2D eigenvalue weighted by molar-refractivity contribution is -0.156. The van der Waals surface area contributed by atoms with Crippen molar-refractivity contribution < 1.29 is 28.5 Å². The lowest BCUT2D eigenvalue weighted by atomic mass is 10.0. The molecule has 6 nitrogen and oxygen atoms in total. The summed E-state index contributed by atoms with van der Waals surface area (Å²) < 4.78 is 21.0. The second-order valence-corrected chi connectivity index (χ2v) is 6.12. The number of hydrogen-bond acceptors (Lipinski definition) is 6. The van der Waals surface area contributed by atoms with E-state index in [0.29, 0.717) is 11.5 Å². The van der Waals surface area contributed by atoms with E-state index in [1.165, 1.54) is 0 Å². The van der Waals surface area contributed by atoms with Gasteiger partial charge >= 0.3 is 11.9 Å². The maximum Gasteiger partial charge on any atom is 0.333 e. The van der Waals surface area contributed by atoms with Crippen LogP contribution in [0, 0.1) is 0 Å². The Balaban J connectivity index is 1.88. The summed E-state index contributed by atoms with van der Waals surface area (Å²) in [6.07, 6.45) is 1.50. The monoisotopic (exact) mass is 396 g/mol. The third-order valence-electron chi connectivity index (χ3n) is 3.76. The highest BCUT2D eigenvalue weighted by atomic mass is 16.7. The highest BCUT2D eigenvalue weighted by molar-refractivity contribution is 5.81. The van der Waals surface area contributed by atoms with Crippen LogP contribution in [0.15, 0.2) is 73.8 Å². The maximum atomic E-state index is 11.2. The third-order valence-corrected chi connectivity index (χ3v) is 3.76. The molecule has 0 saturated heterocycles. The minimum Gasteiger partial charge on any atom is -0.455 e. The van der Waals surface area contributed by atoms with Gasteiger partial charge in [-0.15, -0.1) is 0 Å². The first-order valence-corrected chi connectivity index (χ1v) is 9.07. The largest absolute Gasteiger partial charge is 0.455 e. The molecule has 2 aromatic rings. The molecular weight excluding hydrogens is 372 g/mol. The molecular formula is C23H24O6. The van der Waals surface area contributed by atoms with Gasteiger partial charge in [-0.05, 0) is 41.8 Å². The molecule has 0 aliphatic heterocycles. The fourth-order valence-corrected chi connectivity index (χ4v) is 2.46. The number of benzene rings is 2. The first-order valence-electron chi connectivity index (χ1n) is 9.07. The lowest BCUT2D eigenvalue weighted by Crippen LogP contribution is -2.19. The summed E-state index contributed by atoms with van der Waals surface area (Å²) >= 11 is 0. The van der Waals surface area contributed by atoms with Crippen LogP contribution < -0.4 is 9.47 Å². The van der Waals surface area contributed by atoms with Crippen LogP contribution in [0.25, 0.3) is 0 Å². The maximum absolute atomic E-state index is 11.2. The fourth-order valence-electron chi connectivity index (χ4n) is 2.46. The second-order valence-electron chi connectivity index (χ2n) is 6.12. The Morgan fingerprint density at radius 3 is 1.41 bits per heavy atom. The van der Waals surface area contributed by atoms with Crippen LogP contribution in [0.5, 0.6) is 11.5 Å². The standard InChI is InChI=1S/C23H24O6/c1-5-22(24)28-16(3)26-20-11-7-18(8-12-20)15-19-9-13-21(14-10-19)27-17(4)29-23(25)6-2/h5-14,16-17H,1-2,15H2,3-4H3. The van der Waals surface area contributed by atoms with Crippen LogP contribution >= 0.6 is 0 Å². The smallest absolute Gasteiger partial charge is 0.333 e. The quantitative estimate of drug-likeness (QED) is 0.341. The molecule has 6 heteroatoms. The van der Waals surface area contributed by atoms with Crippen molar-refractivity contribution in [2.24, 2.45) is 0 Å². The zero-order valence-corrected chi connectivity index (χ0v) is 16.5. The summed E-state index contributed by atoms with van der Waals surface area (Å²) in [6.45, 7) is 9.96. The van der Waals surface area contributed by atoms with Crippen LogP contribution in [0.2, 0.25) is 0 Å². The summed E-state index contributed by atoms with van der Waals surface area (Å²) in [5.41, 5.74) is 2.19. The normalized spacial score (nSPS) is 12.2. The second kappa shape index (κ2) is 10.7. The van der Waals surface area contributed by atoms with Gasteiger partial charge in [-0.2, -0.15) is 0 Å². The van der Waals surface area contributed by atoms with E-state index in [1.54, 1.807) is 13.8 Å². The Morgan fingerprint density at radius 2 is 1.10 bits per heavy atom. The SMILES string of the molecule is C=CC(=O)OC(C)Oc1ccc(Cc2ccc(OC(C)OC(=O)C=C)cc2)cc1. The van der Waals surface area contributed by atoms with Gasteiger partial charge in [0.25, 0.3) is 0 Å². The molecule has 29 heavy (non-hydrogen) atoms. The zero-order valence-electron chi connectivity index (χ0n) is 16.5. The molecule has 0 fully saturated rings.